The molecule has 0 atom stereocenters. The highest BCUT2D eigenvalue weighted by Crippen LogP contribution is 2.33. The van der Waals surface area contributed by atoms with E-state index in [9.17, 15) is 0 Å². The number of benzene rings is 2. The molecule has 0 aliphatic carbocycles. The zero-order chi connectivity index (χ0) is 14.7. The standard InChI is InChI=1S/C17H15N5/c1-20-14-8-4-2-6-12(14)18-16(20)22-11-10-21-15-9-5-3-7-13(15)19-17(21)22/h2-9H,10-11H2,1H3. The second kappa shape index (κ2) is 4.10. The number of hydrogen-bond acceptors (Lipinski definition) is 3. The van der Waals surface area contributed by atoms with Crippen molar-refractivity contribution in [2.75, 3.05) is 11.4 Å². The van der Waals surface area contributed by atoms with E-state index in [2.05, 4.69) is 51.4 Å². The molecule has 1 aliphatic rings. The number of fused-ring (bicyclic) bond motifs is 4. The van der Waals surface area contributed by atoms with Crippen LogP contribution in [0, 0.1) is 0 Å². The first-order chi connectivity index (χ1) is 10.8. The third-order valence-corrected chi connectivity index (χ3v) is 4.43. The number of rotatable bonds is 1. The van der Waals surface area contributed by atoms with E-state index in [1.54, 1.807) is 0 Å². The molecule has 1 aliphatic heterocycles. The van der Waals surface area contributed by atoms with Crippen LogP contribution in [0.1, 0.15) is 0 Å². The molecule has 0 N–H and O–H groups in total. The van der Waals surface area contributed by atoms with Gasteiger partial charge < -0.3 is 9.13 Å². The molecule has 0 spiro atoms. The van der Waals surface area contributed by atoms with Gasteiger partial charge in [0.25, 0.3) is 0 Å². The monoisotopic (exact) mass is 289 g/mol. The zero-order valence-electron chi connectivity index (χ0n) is 12.3. The van der Waals surface area contributed by atoms with Crippen molar-refractivity contribution in [1.82, 2.24) is 19.1 Å². The molecule has 4 aromatic rings. The third kappa shape index (κ3) is 1.43. The van der Waals surface area contributed by atoms with Crippen LogP contribution in [-0.4, -0.2) is 25.6 Å². The minimum Gasteiger partial charge on any atom is -0.313 e. The summed E-state index contributed by atoms with van der Waals surface area (Å²) in [5, 5.41) is 0. The Labute approximate surface area is 127 Å². The molecule has 2 aromatic heterocycles. The largest absolute Gasteiger partial charge is 0.313 e. The Hall–Kier alpha value is -2.82. The molecule has 108 valence electrons. The summed E-state index contributed by atoms with van der Waals surface area (Å²) in [6.45, 7) is 1.85. The molecule has 2 aromatic carbocycles. The van der Waals surface area contributed by atoms with Crippen molar-refractivity contribution in [3.05, 3.63) is 48.5 Å². The fraction of sp³-hybridized carbons (Fsp3) is 0.176. The second-order valence-electron chi connectivity index (χ2n) is 5.66. The first-order valence-corrected chi connectivity index (χ1v) is 7.47. The summed E-state index contributed by atoms with van der Waals surface area (Å²) >= 11 is 0. The maximum Gasteiger partial charge on any atom is 0.213 e. The Kier molecular flexibility index (Phi) is 2.20. The van der Waals surface area contributed by atoms with Gasteiger partial charge in [0.05, 0.1) is 22.1 Å². The van der Waals surface area contributed by atoms with Crippen LogP contribution in [0.15, 0.2) is 48.5 Å². The van der Waals surface area contributed by atoms with Gasteiger partial charge in [-0.05, 0) is 24.3 Å². The quantitative estimate of drug-likeness (QED) is 0.540. The highest BCUT2D eigenvalue weighted by Gasteiger charge is 2.27. The Balaban J connectivity index is 1.73. The van der Waals surface area contributed by atoms with Crippen molar-refractivity contribution in [3.8, 4) is 0 Å². The van der Waals surface area contributed by atoms with Crippen LogP contribution in [0.25, 0.3) is 22.1 Å². The number of nitrogens with zero attached hydrogens (tertiary/aromatic N) is 5. The Morgan fingerprint density at radius 3 is 2.18 bits per heavy atom. The SMILES string of the molecule is Cn1c(N2CCn3c2nc2ccccc23)nc2ccccc21. The van der Waals surface area contributed by atoms with E-state index < -0.39 is 0 Å². The Morgan fingerprint density at radius 2 is 1.41 bits per heavy atom. The minimum absolute atomic E-state index is 0.907. The van der Waals surface area contributed by atoms with Crippen LogP contribution in [-0.2, 0) is 13.6 Å². The highest BCUT2D eigenvalue weighted by atomic mass is 15.4. The molecule has 0 amide bonds. The summed E-state index contributed by atoms with van der Waals surface area (Å²) < 4.78 is 4.42. The van der Waals surface area contributed by atoms with Gasteiger partial charge in [0, 0.05) is 20.1 Å². The summed E-state index contributed by atoms with van der Waals surface area (Å²) in [6, 6.07) is 16.5. The summed E-state index contributed by atoms with van der Waals surface area (Å²) in [7, 11) is 2.07. The summed E-state index contributed by atoms with van der Waals surface area (Å²) in [5.74, 6) is 1.94. The third-order valence-electron chi connectivity index (χ3n) is 4.43. The fourth-order valence-electron chi connectivity index (χ4n) is 3.35. The molecular weight excluding hydrogens is 274 g/mol. The van der Waals surface area contributed by atoms with Gasteiger partial charge in [0.15, 0.2) is 0 Å². The van der Waals surface area contributed by atoms with E-state index >= 15 is 0 Å². The maximum absolute atomic E-state index is 4.80. The van der Waals surface area contributed by atoms with Crippen molar-refractivity contribution >= 4 is 34.0 Å². The van der Waals surface area contributed by atoms with E-state index in [1.165, 1.54) is 5.52 Å². The lowest BCUT2D eigenvalue weighted by Gasteiger charge is -2.14. The van der Waals surface area contributed by atoms with Gasteiger partial charge in [0.2, 0.25) is 11.9 Å². The molecule has 0 fully saturated rings. The fourth-order valence-corrected chi connectivity index (χ4v) is 3.35. The van der Waals surface area contributed by atoms with Gasteiger partial charge in [-0.3, -0.25) is 4.90 Å². The average molecular weight is 289 g/mol. The number of para-hydroxylation sites is 4. The van der Waals surface area contributed by atoms with Crippen LogP contribution >= 0.6 is 0 Å². The molecule has 0 saturated heterocycles. The second-order valence-corrected chi connectivity index (χ2v) is 5.66. The van der Waals surface area contributed by atoms with Gasteiger partial charge in [0.1, 0.15) is 0 Å². The zero-order valence-corrected chi connectivity index (χ0v) is 12.3. The lowest BCUT2D eigenvalue weighted by Crippen LogP contribution is -2.18. The van der Waals surface area contributed by atoms with Gasteiger partial charge in [-0.1, -0.05) is 24.3 Å². The molecule has 0 radical (unpaired) electrons. The van der Waals surface area contributed by atoms with Gasteiger partial charge in [-0.2, -0.15) is 0 Å². The summed E-state index contributed by atoms with van der Waals surface area (Å²) in [4.78, 5) is 11.8. The van der Waals surface area contributed by atoms with Gasteiger partial charge in [-0.25, -0.2) is 9.97 Å². The molecule has 0 bridgehead atoms. The van der Waals surface area contributed by atoms with E-state index in [1.807, 2.05) is 18.2 Å². The topological polar surface area (TPSA) is 38.9 Å². The maximum atomic E-state index is 4.80. The van der Waals surface area contributed by atoms with Crippen LogP contribution in [0.3, 0.4) is 0 Å². The van der Waals surface area contributed by atoms with E-state index in [0.29, 0.717) is 0 Å². The van der Waals surface area contributed by atoms with Gasteiger partial charge >= 0.3 is 0 Å². The van der Waals surface area contributed by atoms with Crippen molar-refractivity contribution in [2.24, 2.45) is 7.05 Å². The first kappa shape index (κ1) is 11.8. The van der Waals surface area contributed by atoms with E-state index in [0.717, 1.165) is 41.5 Å². The number of anilines is 2. The Bertz CT molecular complexity index is 1010. The molecular formula is C17H15N5. The molecule has 5 nitrogen and oxygen atoms in total. The van der Waals surface area contributed by atoms with Crippen molar-refractivity contribution in [3.63, 3.8) is 0 Å². The van der Waals surface area contributed by atoms with Crippen molar-refractivity contribution in [2.45, 2.75) is 6.54 Å². The average Bonchev–Trinajstić information content (AvgIpc) is 3.20. The van der Waals surface area contributed by atoms with Crippen LogP contribution in [0.2, 0.25) is 0 Å². The minimum atomic E-state index is 0.907. The molecule has 5 heteroatoms. The number of hydrogen-bond donors (Lipinski definition) is 0. The number of aromatic nitrogens is 4. The van der Waals surface area contributed by atoms with Crippen molar-refractivity contribution < 1.29 is 0 Å². The molecule has 3 heterocycles. The van der Waals surface area contributed by atoms with Crippen LogP contribution in [0.4, 0.5) is 11.9 Å². The normalized spacial score (nSPS) is 14.1. The molecule has 0 saturated carbocycles. The molecule has 0 unspecified atom stereocenters. The predicted octanol–water partition coefficient (Wildman–Crippen LogP) is 3.07. The van der Waals surface area contributed by atoms with E-state index in [4.69, 9.17) is 9.97 Å². The number of imidazole rings is 2. The van der Waals surface area contributed by atoms with Gasteiger partial charge in [-0.15, -0.1) is 0 Å². The first-order valence-electron chi connectivity index (χ1n) is 7.47. The van der Waals surface area contributed by atoms with Crippen molar-refractivity contribution in [1.29, 1.82) is 0 Å². The van der Waals surface area contributed by atoms with Crippen LogP contribution in [0.5, 0.6) is 0 Å². The predicted molar refractivity (Wildman–Crippen MR) is 87.5 cm³/mol. The Morgan fingerprint density at radius 1 is 0.773 bits per heavy atom. The van der Waals surface area contributed by atoms with Crippen LogP contribution < -0.4 is 4.90 Å². The molecule has 5 rings (SSSR count). The molecule has 22 heavy (non-hydrogen) atoms. The van der Waals surface area contributed by atoms with E-state index in [-0.39, 0.29) is 0 Å². The lowest BCUT2D eigenvalue weighted by molar-refractivity contribution is 0.810. The highest BCUT2D eigenvalue weighted by molar-refractivity contribution is 5.83. The summed E-state index contributed by atoms with van der Waals surface area (Å²) in [6.07, 6.45) is 0. The smallest absolute Gasteiger partial charge is 0.213 e. The lowest BCUT2D eigenvalue weighted by atomic mass is 10.3. The number of aryl methyl sites for hydroxylation is 1. The summed E-state index contributed by atoms with van der Waals surface area (Å²) in [5.41, 5.74) is 4.40.